The van der Waals surface area contributed by atoms with Crippen molar-refractivity contribution in [3.8, 4) is 5.75 Å². The summed E-state index contributed by atoms with van der Waals surface area (Å²) in [6.07, 6.45) is 1.72. The fourth-order valence-electron chi connectivity index (χ4n) is 3.69. The fraction of sp³-hybridized carbons (Fsp3) is 0.120. The first-order valence-corrected chi connectivity index (χ1v) is 11.7. The molecule has 0 saturated heterocycles. The third-order valence-corrected chi connectivity index (χ3v) is 7.19. The van der Waals surface area contributed by atoms with Gasteiger partial charge in [0.15, 0.2) is 4.96 Å². The highest BCUT2D eigenvalue weighted by atomic mass is 35.5. The minimum absolute atomic E-state index is 0.0603. The highest BCUT2D eigenvalue weighted by Crippen LogP contribution is 2.27. The third-order valence-electron chi connectivity index (χ3n) is 5.63. The summed E-state index contributed by atoms with van der Waals surface area (Å²) in [7, 11) is 0. The highest BCUT2D eigenvalue weighted by molar-refractivity contribution is 7.15. The number of benzene rings is 3. The lowest BCUT2D eigenvalue weighted by Gasteiger charge is -2.11. The predicted molar refractivity (Wildman–Crippen MR) is 132 cm³/mol. The summed E-state index contributed by atoms with van der Waals surface area (Å²) >= 11 is 13.6. The Labute approximate surface area is 202 Å². The molecular weight excluding hydrogens is 482 g/mol. The van der Waals surface area contributed by atoms with Crippen LogP contribution in [0.25, 0.3) is 22.1 Å². The van der Waals surface area contributed by atoms with Crippen LogP contribution in [0.5, 0.6) is 5.75 Å². The number of nitrogens with zero attached hydrogens (tertiary/aromatic N) is 2. The first-order valence-electron chi connectivity index (χ1n) is 10.1. The van der Waals surface area contributed by atoms with E-state index < -0.39 is 5.82 Å². The van der Waals surface area contributed by atoms with Crippen LogP contribution in [0.15, 0.2) is 53.3 Å². The molecule has 0 N–H and O–H groups in total. The van der Waals surface area contributed by atoms with Crippen molar-refractivity contribution in [3.05, 3.63) is 102 Å². The summed E-state index contributed by atoms with van der Waals surface area (Å²) in [4.78, 5) is 18.5. The fourth-order valence-corrected chi connectivity index (χ4v) is 5.06. The first-order chi connectivity index (χ1) is 15.8. The molecular formula is C25H17Cl2FN2O2S. The van der Waals surface area contributed by atoms with E-state index in [2.05, 4.69) is 4.98 Å². The van der Waals surface area contributed by atoms with Gasteiger partial charge < -0.3 is 4.74 Å². The number of fused-ring (bicyclic) bond motifs is 3. The SMILES string of the molecule is Cc1ccc2c(nc3sc(=Cc4cc(Cl)ccc4OCc4c(F)cccc4Cl)c(=O)n32)c1C. The largest absolute Gasteiger partial charge is 0.488 e. The third kappa shape index (κ3) is 3.88. The quantitative estimate of drug-likeness (QED) is 0.300. The Kier molecular flexibility index (Phi) is 5.60. The zero-order valence-electron chi connectivity index (χ0n) is 17.7. The number of aryl methyl sites for hydroxylation is 2. The van der Waals surface area contributed by atoms with Crippen molar-refractivity contribution in [1.82, 2.24) is 9.38 Å². The molecule has 0 saturated carbocycles. The average molecular weight is 499 g/mol. The van der Waals surface area contributed by atoms with E-state index in [0.717, 1.165) is 22.2 Å². The first kappa shape index (κ1) is 21.9. The van der Waals surface area contributed by atoms with Crippen LogP contribution in [0.3, 0.4) is 0 Å². The second-order valence-corrected chi connectivity index (χ2v) is 9.54. The Morgan fingerprint density at radius 1 is 1.15 bits per heavy atom. The van der Waals surface area contributed by atoms with E-state index in [9.17, 15) is 9.18 Å². The number of thiazole rings is 1. The molecule has 0 bridgehead atoms. The Bertz CT molecular complexity index is 1640. The van der Waals surface area contributed by atoms with E-state index in [-0.39, 0.29) is 22.8 Å². The van der Waals surface area contributed by atoms with Gasteiger partial charge in [-0.2, -0.15) is 0 Å². The number of hydrogen-bond donors (Lipinski definition) is 0. The van der Waals surface area contributed by atoms with E-state index in [0.29, 0.717) is 25.8 Å². The normalized spacial score (nSPS) is 12.2. The average Bonchev–Trinajstić information content (AvgIpc) is 3.29. The molecule has 8 heteroatoms. The summed E-state index contributed by atoms with van der Waals surface area (Å²) in [6, 6.07) is 13.5. The molecule has 0 radical (unpaired) electrons. The van der Waals surface area contributed by atoms with Crippen molar-refractivity contribution >= 4 is 56.6 Å². The Balaban J connectivity index is 1.59. The lowest BCUT2D eigenvalue weighted by molar-refractivity contribution is 0.299. The number of ether oxygens (including phenoxy) is 1. The molecule has 0 fully saturated rings. The zero-order chi connectivity index (χ0) is 23.3. The lowest BCUT2D eigenvalue weighted by atomic mass is 10.1. The van der Waals surface area contributed by atoms with Crippen molar-refractivity contribution < 1.29 is 9.13 Å². The van der Waals surface area contributed by atoms with E-state index >= 15 is 0 Å². The molecule has 0 unspecified atom stereocenters. The Hall–Kier alpha value is -2.93. The summed E-state index contributed by atoms with van der Waals surface area (Å²) in [5.74, 6) is 0.0150. The highest BCUT2D eigenvalue weighted by Gasteiger charge is 2.15. The maximum absolute atomic E-state index is 14.1. The maximum atomic E-state index is 14.1. The van der Waals surface area contributed by atoms with Gasteiger partial charge in [-0.25, -0.2) is 13.8 Å². The van der Waals surface area contributed by atoms with Gasteiger partial charge in [-0.3, -0.25) is 4.79 Å². The van der Waals surface area contributed by atoms with Gasteiger partial charge in [0.1, 0.15) is 18.2 Å². The summed E-state index contributed by atoms with van der Waals surface area (Å²) in [5, 5.41) is 0.774. The van der Waals surface area contributed by atoms with Crippen LogP contribution in [0.1, 0.15) is 22.3 Å². The lowest BCUT2D eigenvalue weighted by Crippen LogP contribution is -2.22. The molecule has 166 valence electrons. The minimum atomic E-state index is -0.444. The minimum Gasteiger partial charge on any atom is -0.488 e. The van der Waals surface area contributed by atoms with Gasteiger partial charge >= 0.3 is 0 Å². The van der Waals surface area contributed by atoms with Crippen LogP contribution in [0.2, 0.25) is 10.0 Å². The molecule has 2 heterocycles. The Morgan fingerprint density at radius 3 is 2.76 bits per heavy atom. The number of aromatic nitrogens is 2. The van der Waals surface area contributed by atoms with E-state index in [4.69, 9.17) is 27.9 Å². The summed E-state index contributed by atoms with van der Waals surface area (Å²) in [5.41, 5.74) is 4.51. The molecule has 0 amide bonds. The smallest absolute Gasteiger partial charge is 0.274 e. The summed E-state index contributed by atoms with van der Waals surface area (Å²) < 4.78 is 22.1. The van der Waals surface area contributed by atoms with Gasteiger partial charge in [0.2, 0.25) is 0 Å². The number of hydrogen-bond acceptors (Lipinski definition) is 4. The van der Waals surface area contributed by atoms with Gasteiger partial charge in [-0.15, -0.1) is 0 Å². The van der Waals surface area contributed by atoms with E-state index in [1.807, 2.05) is 26.0 Å². The van der Waals surface area contributed by atoms with Gasteiger partial charge in [0.25, 0.3) is 5.56 Å². The molecule has 3 aromatic carbocycles. The van der Waals surface area contributed by atoms with Crippen LogP contribution < -0.4 is 14.8 Å². The van der Waals surface area contributed by atoms with Gasteiger partial charge in [-0.05, 0) is 67.4 Å². The van der Waals surface area contributed by atoms with E-state index in [1.165, 1.54) is 23.5 Å². The monoisotopic (exact) mass is 498 g/mol. The molecule has 0 aliphatic rings. The van der Waals surface area contributed by atoms with Crippen molar-refractivity contribution in [2.45, 2.75) is 20.5 Å². The molecule has 5 aromatic rings. The molecule has 0 aliphatic carbocycles. The van der Waals surface area contributed by atoms with Crippen LogP contribution in [-0.4, -0.2) is 9.38 Å². The number of halogens is 3. The van der Waals surface area contributed by atoms with Crippen LogP contribution in [-0.2, 0) is 6.61 Å². The van der Waals surface area contributed by atoms with Crippen LogP contribution >= 0.6 is 34.5 Å². The van der Waals surface area contributed by atoms with Crippen molar-refractivity contribution in [2.75, 3.05) is 0 Å². The second kappa shape index (κ2) is 8.45. The van der Waals surface area contributed by atoms with Crippen molar-refractivity contribution in [3.63, 3.8) is 0 Å². The molecule has 4 nitrogen and oxygen atoms in total. The molecule has 5 rings (SSSR count). The van der Waals surface area contributed by atoms with E-state index in [1.54, 1.807) is 34.7 Å². The predicted octanol–water partition coefficient (Wildman–Crippen LogP) is 6.10. The van der Waals surface area contributed by atoms with Gasteiger partial charge in [0, 0.05) is 16.1 Å². The second-order valence-electron chi connectivity index (χ2n) is 7.69. The summed E-state index contributed by atoms with van der Waals surface area (Å²) in [6.45, 7) is 3.97. The molecule has 0 atom stereocenters. The van der Waals surface area contributed by atoms with Crippen molar-refractivity contribution in [1.29, 1.82) is 0 Å². The zero-order valence-corrected chi connectivity index (χ0v) is 20.0. The Morgan fingerprint density at radius 2 is 1.97 bits per heavy atom. The maximum Gasteiger partial charge on any atom is 0.274 e. The number of rotatable bonds is 4. The standard InChI is InChI=1S/C25H17Cl2FN2O2S/c1-13-6-8-20-23(14(13)2)29-25-30(20)24(31)22(33-25)11-15-10-16(26)7-9-21(15)32-12-17-18(27)4-3-5-19(17)28/h3-11H,12H2,1-2H3. The molecule has 0 aliphatic heterocycles. The molecule has 0 spiro atoms. The topological polar surface area (TPSA) is 43.6 Å². The van der Waals surface area contributed by atoms with Crippen LogP contribution in [0, 0.1) is 19.7 Å². The number of imidazole rings is 1. The van der Waals surface area contributed by atoms with Crippen LogP contribution in [0.4, 0.5) is 4.39 Å². The van der Waals surface area contributed by atoms with Gasteiger partial charge in [0.05, 0.1) is 20.6 Å². The molecule has 33 heavy (non-hydrogen) atoms. The van der Waals surface area contributed by atoms with Crippen molar-refractivity contribution in [2.24, 2.45) is 0 Å². The molecule has 2 aromatic heterocycles. The van der Waals surface area contributed by atoms with Gasteiger partial charge in [-0.1, -0.05) is 46.7 Å².